The predicted molar refractivity (Wildman–Crippen MR) is 101 cm³/mol. The molecule has 3 heterocycles. The summed E-state index contributed by atoms with van der Waals surface area (Å²) in [7, 11) is 0. The van der Waals surface area contributed by atoms with Gasteiger partial charge in [-0.3, -0.25) is 4.79 Å². The van der Waals surface area contributed by atoms with Gasteiger partial charge < -0.3 is 19.7 Å². The summed E-state index contributed by atoms with van der Waals surface area (Å²) in [5, 5.41) is 3.15. The van der Waals surface area contributed by atoms with Crippen molar-refractivity contribution in [1.82, 2.24) is 4.90 Å². The fourth-order valence-electron chi connectivity index (χ4n) is 4.90. The van der Waals surface area contributed by atoms with Gasteiger partial charge in [0, 0.05) is 57.2 Å². The number of amides is 1. The van der Waals surface area contributed by atoms with Crippen molar-refractivity contribution in [2.24, 2.45) is 17.3 Å². The van der Waals surface area contributed by atoms with E-state index in [0.29, 0.717) is 5.92 Å². The summed E-state index contributed by atoms with van der Waals surface area (Å²) in [4.78, 5) is 15.7. The Hall–Kier alpha value is -1.43. The summed E-state index contributed by atoms with van der Waals surface area (Å²) in [6.45, 7) is 6.32. The number of nitrogens with zero attached hydrogens (tertiary/aromatic N) is 1. The largest absolute Gasteiger partial charge is 0.381 e. The molecule has 26 heavy (non-hydrogen) atoms. The van der Waals surface area contributed by atoms with Crippen LogP contribution in [-0.2, 0) is 14.3 Å². The Bertz CT molecular complexity index is 595. The lowest BCUT2D eigenvalue weighted by Gasteiger charge is -2.37. The van der Waals surface area contributed by atoms with Crippen LogP contribution in [-0.4, -0.2) is 56.9 Å². The minimum absolute atomic E-state index is 0.0476. The molecule has 142 valence electrons. The van der Waals surface area contributed by atoms with E-state index in [9.17, 15) is 4.79 Å². The zero-order valence-electron chi connectivity index (χ0n) is 15.5. The molecular formula is C21H30N2O3. The quantitative estimate of drug-likeness (QED) is 0.899. The second-order valence-electron chi connectivity index (χ2n) is 8.13. The molecule has 3 aliphatic rings. The summed E-state index contributed by atoms with van der Waals surface area (Å²) in [6, 6.07) is 9.82. The number of benzene rings is 1. The van der Waals surface area contributed by atoms with Gasteiger partial charge in [-0.2, -0.15) is 0 Å². The van der Waals surface area contributed by atoms with Crippen LogP contribution in [0.15, 0.2) is 30.3 Å². The van der Waals surface area contributed by atoms with Crippen LogP contribution in [0.5, 0.6) is 0 Å². The van der Waals surface area contributed by atoms with E-state index in [4.69, 9.17) is 9.47 Å². The van der Waals surface area contributed by atoms with Crippen LogP contribution >= 0.6 is 0 Å². The van der Waals surface area contributed by atoms with E-state index in [1.165, 1.54) is 0 Å². The first-order chi connectivity index (χ1) is 12.8. The van der Waals surface area contributed by atoms with Gasteiger partial charge in [-0.15, -0.1) is 0 Å². The van der Waals surface area contributed by atoms with Crippen LogP contribution < -0.4 is 5.32 Å². The van der Waals surface area contributed by atoms with E-state index in [0.717, 1.165) is 77.4 Å². The Kier molecular flexibility index (Phi) is 5.57. The molecule has 1 atom stereocenters. The van der Waals surface area contributed by atoms with Crippen LogP contribution in [0, 0.1) is 17.3 Å². The summed E-state index contributed by atoms with van der Waals surface area (Å²) in [5.74, 6) is 0.926. The molecule has 3 fully saturated rings. The molecule has 0 saturated carbocycles. The Morgan fingerprint density at radius 2 is 1.77 bits per heavy atom. The van der Waals surface area contributed by atoms with E-state index in [1.807, 2.05) is 30.3 Å². The Balaban J connectivity index is 1.46. The van der Waals surface area contributed by atoms with Gasteiger partial charge in [0.1, 0.15) is 0 Å². The highest BCUT2D eigenvalue weighted by atomic mass is 16.5. The standard InChI is InChI=1S/C21H30N2O3/c24-20(22-18-4-2-1-3-5-18)19-15-23(14-17-6-10-25-11-7-17)16-21(19)8-12-26-13-9-21/h1-5,17,19H,6-16H2,(H,22,24)/t19-/m1/s1. The highest BCUT2D eigenvalue weighted by Crippen LogP contribution is 2.45. The Morgan fingerprint density at radius 1 is 1.08 bits per heavy atom. The minimum atomic E-state index is 0.0476. The lowest BCUT2D eigenvalue weighted by atomic mass is 9.71. The average molecular weight is 358 g/mol. The van der Waals surface area contributed by atoms with Crippen molar-refractivity contribution in [3.05, 3.63) is 30.3 Å². The van der Waals surface area contributed by atoms with E-state index in [1.54, 1.807) is 0 Å². The van der Waals surface area contributed by atoms with Crippen LogP contribution in [0.25, 0.3) is 0 Å². The van der Waals surface area contributed by atoms with Crippen LogP contribution in [0.4, 0.5) is 5.69 Å². The molecule has 1 amide bonds. The zero-order chi connectivity index (χ0) is 17.8. The Morgan fingerprint density at radius 3 is 2.50 bits per heavy atom. The lowest BCUT2D eigenvalue weighted by molar-refractivity contribution is -0.124. The van der Waals surface area contributed by atoms with E-state index in [2.05, 4.69) is 10.2 Å². The molecule has 1 N–H and O–H groups in total. The molecular weight excluding hydrogens is 328 g/mol. The maximum atomic E-state index is 13.1. The monoisotopic (exact) mass is 358 g/mol. The topological polar surface area (TPSA) is 50.8 Å². The number of carbonyl (C=O) groups excluding carboxylic acids is 1. The second-order valence-corrected chi connectivity index (χ2v) is 8.13. The van der Waals surface area contributed by atoms with Crippen LogP contribution in [0.3, 0.4) is 0 Å². The smallest absolute Gasteiger partial charge is 0.229 e. The van der Waals surface area contributed by atoms with Crippen molar-refractivity contribution in [1.29, 1.82) is 0 Å². The summed E-state index contributed by atoms with van der Waals surface area (Å²) in [6.07, 6.45) is 4.27. The number of carbonyl (C=O) groups is 1. The third-order valence-electron chi connectivity index (χ3n) is 6.42. The normalized spacial score (nSPS) is 26.8. The van der Waals surface area contributed by atoms with Crippen molar-refractivity contribution in [3.63, 3.8) is 0 Å². The molecule has 5 heteroatoms. The first-order valence-corrected chi connectivity index (χ1v) is 9.99. The van der Waals surface area contributed by atoms with Gasteiger partial charge in [-0.05, 0) is 43.7 Å². The molecule has 1 spiro atoms. The highest BCUT2D eigenvalue weighted by Gasteiger charge is 2.50. The Labute approximate surface area is 156 Å². The number of anilines is 1. The number of rotatable bonds is 4. The third kappa shape index (κ3) is 3.95. The first-order valence-electron chi connectivity index (χ1n) is 9.99. The maximum absolute atomic E-state index is 13.1. The molecule has 5 nitrogen and oxygen atoms in total. The highest BCUT2D eigenvalue weighted by molar-refractivity contribution is 5.93. The number of nitrogens with one attached hydrogen (secondary N) is 1. The SMILES string of the molecule is O=C(Nc1ccccc1)[C@H]1CN(CC2CCOCC2)CC12CCOCC2. The zero-order valence-corrected chi connectivity index (χ0v) is 15.5. The van der Waals surface area contributed by atoms with Crippen molar-refractivity contribution >= 4 is 11.6 Å². The van der Waals surface area contributed by atoms with Gasteiger partial charge in [0.05, 0.1) is 5.92 Å². The second kappa shape index (κ2) is 8.07. The third-order valence-corrected chi connectivity index (χ3v) is 6.42. The number of likely N-dealkylation sites (tertiary alicyclic amines) is 1. The maximum Gasteiger partial charge on any atom is 0.229 e. The summed E-state index contributed by atoms with van der Waals surface area (Å²) < 4.78 is 11.1. The molecule has 4 rings (SSSR count). The van der Waals surface area contributed by atoms with Crippen molar-refractivity contribution in [2.75, 3.05) is 51.4 Å². The van der Waals surface area contributed by atoms with Gasteiger partial charge in [0.15, 0.2) is 0 Å². The van der Waals surface area contributed by atoms with Gasteiger partial charge >= 0.3 is 0 Å². The van der Waals surface area contributed by atoms with Gasteiger partial charge in [-0.1, -0.05) is 18.2 Å². The molecule has 0 unspecified atom stereocenters. The lowest BCUT2D eigenvalue weighted by Crippen LogP contribution is -2.42. The van der Waals surface area contributed by atoms with Crippen molar-refractivity contribution < 1.29 is 14.3 Å². The van der Waals surface area contributed by atoms with E-state index in [-0.39, 0.29) is 17.2 Å². The van der Waals surface area contributed by atoms with E-state index < -0.39 is 0 Å². The predicted octanol–water partition coefficient (Wildman–Crippen LogP) is 2.78. The molecule has 0 bridgehead atoms. The number of hydrogen-bond acceptors (Lipinski definition) is 4. The average Bonchev–Trinajstić information content (AvgIpc) is 3.01. The van der Waals surface area contributed by atoms with Gasteiger partial charge in [0.2, 0.25) is 5.91 Å². The number of hydrogen-bond donors (Lipinski definition) is 1. The first kappa shape index (κ1) is 18.0. The van der Waals surface area contributed by atoms with Gasteiger partial charge in [0.25, 0.3) is 0 Å². The van der Waals surface area contributed by atoms with Crippen LogP contribution in [0.2, 0.25) is 0 Å². The molecule has 0 aromatic heterocycles. The van der Waals surface area contributed by atoms with Crippen molar-refractivity contribution in [2.45, 2.75) is 25.7 Å². The molecule has 0 radical (unpaired) electrons. The molecule has 3 aliphatic heterocycles. The minimum Gasteiger partial charge on any atom is -0.381 e. The molecule has 1 aromatic carbocycles. The molecule has 1 aromatic rings. The number of ether oxygens (including phenoxy) is 2. The molecule has 0 aliphatic carbocycles. The summed E-state index contributed by atoms with van der Waals surface area (Å²) >= 11 is 0. The fraction of sp³-hybridized carbons (Fsp3) is 0.667. The molecule has 3 saturated heterocycles. The van der Waals surface area contributed by atoms with Gasteiger partial charge in [-0.25, -0.2) is 0 Å². The fourth-order valence-corrected chi connectivity index (χ4v) is 4.90. The summed E-state index contributed by atoms with van der Waals surface area (Å²) in [5.41, 5.74) is 0.963. The number of para-hydroxylation sites is 1. The van der Waals surface area contributed by atoms with E-state index >= 15 is 0 Å². The van der Waals surface area contributed by atoms with Crippen LogP contribution in [0.1, 0.15) is 25.7 Å². The van der Waals surface area contributed by atoms with Crippen molar-refractivity contribution in [3.8, 4) is 0 Å².